The van der Waals surface area contributed by atoms with Crippen molar-refractivity contribution in [2.45, 2.75) is 57.8 Å². The van der Waals surface area contributed by atoms with Crippen LogP contribution < -0.4 is 4.90 Å². The molecular weight excluding hydrogens is 601 g/mol. The van der Waals surface area contributed by atoms with Gasteiger partial charge in [0.2, 0.25) is 5.69 Å². The zero-order valence-electron chi connectivity index (χ0n) is 29.1. The zero-order valence-corrected chi connectivity index (χ0v) is 29.9. The van der Waals surface area contributed by atoms with E-state index in [1.807, 2.05) is 11.8 Å². The van der Waals surface area contributed by atoms with Crippen LogP contribution in [0, 0.1) is 12.3 Å². The van der Waals surface area contributed by atoms with Crippen molar-refractivity contribution in [3.05, 3.63) is 106 Å². The summed E-state index contributed by atoms with van der Waals surface area (Å²) in [5, 5.41) is 0. The Bertz CT molecular complexity index is 1640. The van der Waals surface area contributed by atoms with Gasteiger partial charge < -0.3 is 19.1 Å². The molecule has 0 bridgehead atoms. The van der Waals surface area contributed by atoms with Crippen molar-refractivity contribution in [3.8, 4) is 12.3 Å². The zero-order chi connectivity index (χ0) is 33.4. The SMILES string of the molecule is C#CCOCCOCCOCCSC1=C(C=CC2=[N+](C)c3ccccc3C2(C)C)CCCC1=CC=C1N(C)c2ccccc2C1(C)C. The minimum absolute atomic E-state index is 0.0511. The van der Waals surface area contributed by atoms with E-state index in [-0.39, 0.29) is 10.8 Å². The standard InChI is InChI=1S/C41H51N2O3S/c1-8-24-44-25-26-45-27-28-46-29-30-47-39-31(20-22-37-40(2,3)33-16-9-11-18-35(33)42(37)6)14-13-15-32(39)21-23-38-41(4,5)34-17-10-12-19-36(34)43(38)7/h1,9-12,16-23H,13-15,24-30H2,2-7H3/q+1. The number of nitrogens with zero attached hydrogens (tertiary/aromatic N) is 2. The average molecular weight is 652 g/mol. The molecule has 0 atom stereocenters. The van der Waals surface area contributed by atoms with E-state index >= 15 is 0 Å². The molecule has 47 heavy (non-hydrogen) atoms. The van der Waals surface area contributed by atoms with Crippen LogP contribution in [-0.4, -0.2) is 69.8 Å². The Morgan fingerprint density at radius 2 is 1.53 bits per heavy atom. The first-order valence-electron chi connectivity index (χ1n) is 16.8. The van der Waals surface area contributed by atoms with Gasteiger partial charge in [-0.2, -0.15) is 4.58 Å². The maximum atomic E-state index is 5.95. The van der Waals surface area contributed by atoms with E-state index in [0.29, 0.717) is 39.6 Å². The molecule has 2 aliphatic heterocycles. The van der Waals surface area contributed by atoms with E-state index in [1.54, 1.807) is 0 Å². The van der Waals surface area contributed by atoms with Gasteiger partial charge in [-0.1, -0.05) is 68.3 Å². The number of hydrogen-bond acceptors (Lipinski definition) is 5. The van der Waals surface area contributed by atoms with Gasteiger partial charge in [0.05, 0.1) is 38.4 Å². The van der Waals surface area contributed by atoms with Crippen LogP contribution in [0.2, 0.25) is 0 Å². The summed E-state index contributed by atoms with van der Waals surface area (Å²) in [5.41, 5.74) is 10.7. The van der Waals surface area contributed by atoms with E-state index in [4.69, 9.17) is 20.6 Å². The number of ether oxygens (including phenoxy) is 3. The molecule has 0 spiro atoms. The van der Waals surface area contributed by atoms with Crippen LogP contribution in [0.25, 0.3) is 0 Å². The fraction of sp³-hybridized carbons (Fsp3) is 0.439. The highest BCUT2D eigenvalue weighted by Crippen LogP contribution is 2.47. The van der Waals surface area contributed by atoms with E-state index in [9.17, 15) is 0 Å². The summed E-state index contributed by atoms with van der Waals surface area (Å²) in [4.78, 5) is 3.75. The second-order valence-electron chi connectivity index (χ2n) is 13.4. The predicted octanol–water partition coefficient (Wildman–Crippen LogP) is 8.34. The minimum Gasteiger partial charge on any atom is -0.378 e. The normalized spacial score (nSPS) is 20.1. The summed E-state index contributed by atoms with van der Waals surface area (Å²) in [6.45, 7) is 12.5. The number of benzene rings is 2. The highest BCUT2D eigenvalue weighted by Gasteiger charge is 2.42. The van der Waals surface area contributed by atoms with Crippen molar-refractivity contribution < 1.29 is 18.8 Å². The monoisotopic (exact) mass is 651 g/mol. The number of hydrogen-bond donors (Lipinski definition) is 0. The van der Waals surface area contributed by atoms with Gasteiger partial charge in [-0.25, -0.2) is 0 Å². The van der Waals surface area contributed by atoms with Gasteiger partial charge >= 0.3 is 0 Å². The van der Waals surface area contributed by atoms with Gasteiger partial charge in [0.1, 0.15) is 13.7 Å². The molecule has 5 nitrogen and oxygen atoms in total. The maximum absolute atomic E-state index is 5.95. The first kappa shape index (κ1) is 35.0. The van der Waals surface area contributed by atoms with Gasteiger partial charge in [0.15, 0.2) is 5.71 Å². The quantitative estimate of drug-likeness (QED) is 0.117. The molecule has 2 aromatic carbocycles. The molecule has 0 aromatic heterocycles. The van der Waals surface area contributed by atoms with Crippen LogP contribution in [0.5, 0.6) is 0 Å². The molecule has 0 unspecified atom stereocenters. The number of terminal acetylenes is 1. The third-order valence-corrected chi connectivity index (χ3v) is 10.8. The first-order chi connectivity index (χ1) is 22.7. The molecule has 0 radical (unpaired) electrons. The Balaban J connectivity index is 1.35. The molecular formula is C41H51N2O3S+. The lowest BCUT2D eigenvalue weighted by molar-refractivity contribution is -0.401. The Kier molecular flexibility index (Phi) is 11.7. The fourth-order valence-corrected chi connectivity index (χ4v) is 8.26. The van der Waals surface area contributed by atoms with Gasteiger partial charge in [-0.05, 0) is 62.0 Å². The third kappa shape index (κ3) is 7.71. The van der Waals surface area contributed by atoms with Gasteiger partial charge in [0.25, 0.3) is 0 Å². The molecule has 2 aromatic rings. The van der Waals surface area contributed by atoms with Gasteiger partial charge in [-0.15, -0.1) is 18.2 Å². The molecule has 5 rings (SSSR count). The van der Waals surface area contributed by atoms with Gasteiger partial charge in [-0.3, -0.25) is 0 Å². The van der Waals surface area contributed by atoms with E-state index in [1.165, 1.54) is 50.0 Å². The second kappa shape index (κ2) is 15.7. The van der Waals surface area contributed by atoms with Crippen LogP contribution >= 0.6 is 11.8 Å². The van der Waals surface area contributed by atoms with E-state index in [0.717, 1.165) is 25.0 Å². The van der Waals surface area contributed by atoms with Crippen molar-refractivity contribution in [2.24, 2.45) is 0 Å². The van der Waals surface area contributed by atoms with Crippen molar-refractivity contribution in [1.82, 2.24) is 0 Å². The summed E-state index contributed by atoms with van der Waals surface area (Å²) >= 11 is 1.92. The number of para-hydroxylation sites is 2. The summed E-state index contributed by atoms with van der Waals surface area (Å²) in [7, 11) is 4.39. The maximum Gasteiger partial charge on any atom is 0.209 e. The van der Waals surface area contributed by atoms with E-state index in [2.05, 4.69) is 130 Å². The predicted molar refractivity (Wildman–Crippen MR) is 198 cm³/mol. The molecule has 0 saturated carbocycles. The Labute approximate surface area is 287 Å². The molecule has 0 N–H and O–H groups in total. The summed E-state index contributed by atoms with van der Waals surface area (Å²) in [6.07, 6.45) is 18.0. The number of thioether (sulfide) groups is 1. The summed E-state index contributed by atoms with van der Waals surface area (Å²) in [5.74, 6) is 3.35. The number of anilines is 1. The molecule has 2 heterocycles. The molecule has 1 aliphatic carbocycles. The molecule has 0 amide bonds. The fourth-order valence-electron chi connectivity index (χ4n) is 7.14. The second-order valence-corrected chi connectivity index (χ2v) is 14.5. The van der Waals surface area contributed by atoms with Gasteiger partial charge in [0, 0.05) is 52.2 Å². The Hall–Kier alpha value is -3.34. The lowest BCUT2D eigenvalue weighted by atomic mass is 9.81. The van der Waals surface area contributed by atoms with Crippen LogP contribution in [0.4, 0.5) is 11.4 Å². The lowest BCUT2D eigenvalue weighted by Gasteiger charge is -2.25. The van der Waals surface area contributed by atoms with Crippen LogP contribution in [0.15, 0.2) is 94.6 Å². The Morgan fingerprint density at radius 3 is 2.26 bits per heavy atom. The van der Waals surface area contributed by atoms with Crippen LogP contribution in [0.1, 0.15) is 58.1 Å². The Morgan fingerprint density at radius 1 is 0.851 bits per heavy atom. The van der Waals surface area contributed by atoms with E-state index < -0.39 is 0 Å². The highest BCUT2D eigenvalue weighted by molar-refractivity contribution is 8.03. The number of rotatable bonds is 14. The molecule has 0 fully saturated rings. The third-order valence-electron chi connectivity index (χ3n) is 9.64. The lowest BCUT2D eigenvalue weighted by Crippen LogP contribution is -2.26. The molecule has 3 aliphatic rings. The van der Waals surface area contributed by atoms with Crippen LogP contribution in [-0.2, 0) is 25.0 Å². The number of likely N-dealkylation sites (N-methyl/N-ethyl adjacent to an activating group) is 1. The summed E-state index contributed by atoms with van der Waals surface area (Å²) in [6, 6.07) is 17.5. The largest absolute Gasteiger partial charge is 0.378 e. The van der Waals surface area contributed by atoms with Crippen molar-refractivity contribution in [3.63, 3.8) is 0 Å². The average Bonchev–Trinajstić information content (AvgIpc) is 3.39. The number of fused-ring (bicyclic) bond motifs is 2. The molecule has 248 valence electrons. The smallest absolute Gasteiger partial charge is 0.209 e. The highest BCUT2D eigenvalue weighted by atomic mass is 32.2. The van der Waals surface area contributed by atoms with Crippen molar-refractivity contribution in [1.29, 1.82) is 0 Å². The van der Waals surface area contributed by atoms with Crippen LogP contribution in [0.3, 0.4) is 0 Å². The molecule has 6 heteroatoms. The minimum atomic E-state index is -0.0511. The first-order valence-corrected chi connectivity index (χ1v) is 17.8. The summed E-state index contributed by atoms with van der Waals surface area (Å²) < 4.78 is 19.2. The molecule has 0 saturated heterocycles. The topological polar surface area (TPSA) is 33.9 Å². The van der Waals surface area contributed by atoms with Crippen molar-refractivity contribution in [2.75, 3.05) is 64.4 Å². The number of allylic oxidation sites excluding steroid dienone is 7. The van der Waals surface area contributed by atoms with Crippen molar-refractivity contribution >= 4 is 28.8 Å².